The van der Waals surface area contributed by atoms with Gasteiger partial charge >= 0.3 is 5.97 Å². The van der Waals surface area contributed by atoms with Gasteiger partial charge in [0, 0.05) is 4.47 Å². The molecule has 4 heteroatoms. The fourth-order valence-corrected chi connectivity index (χ4v) is 1.89. The molecule has 0 saturated heterocycles. The minimum absolute atomic E-state index is 0.0524. The minimum Gasteiger partial charge on any atom is -0.482 e. The third kappa shape index (κ3) is 4.77. The molecule has 17 heavy (non-hydrogen) atoms. The summed E-state index contributed by atoms with van der Waals surface area (Å²) in [4.78, 5) is 11.0. The van der Waals surface area contributed by atoms with Crippen molar-refractivity contribution in [3.8, 4) is 5.75 Å². The van der Waals surface area contributed by atoms with Gasteiger partial charge in [-0.25, -0.2) is 4.79 Å². The second kappa shape index (κ2) is 6.64. The Kier molecular flexibility index (Phi) is 5.48. The van der Waals surface area contributed by atoms with E-state index in [9.17, 15) is 4.79 Å². The smallest absolute Gasteiger partial charge is 0.343 e. The number of esters is 1. The lowest BCUT2D eigenvalue weighted by atomic mass is 10.0. The Hall–Kier alpha value is -1.03. The summed E-state index contributed by atoms with van der Waals surface area (Å²) in [6.45, 7) is 4.24. The Balaban J connectivity index is 2.78. The predicted octanol–water partition coefficient (Wildman–Crippen LogP) is 3.20. The summed E-state index contributed by atoms with van der Waals surface area (Å²) in [6, 6.07) is 5.79. The molecule has 1 aromatic rings. The Morgan fingerprint density at radius 1 is 1.41 bits per heavy atom. The Morgan fingerprint density at radius 3 is 2.71 bits per heavy atom. The van der Waals surface area contributed by atoms with Crippen molar-refractivity contribution in [1.82, 2.24) is 0 Å². The lowest BCUT2D eigenvalue weighted by Crippen LogP contribution is -2.13. The molecular weight excluding hydrogens is 284 g/mol. The maximum atomic E-state index is 11.0. The molecule has 94 valence electrons. The predicted molar refractivity (Wildman–Crippen MR) is 70.2 cm³/mol. The third-order valence-electron chi connectivity index (χ3n) is 2.22. The molecule has 0 amide bonds. The molecule has 0 heterocycles. The number of rotatable bonds is 5. The molecule has 0 spiro atoms. The molecule has 1 rings (SSSR count). The van der Waals surface area contributed by atoms with Crippen LogP contribution in [-0.2, 0) is 16.0 Å². The minimum atomic E-state index is -0.372. The first kappa shape index (κ1) is 14.0. The molecule has 0 bridgehead atoms. The van der Waals surface area contributed by atoms with E-state index in [1.807, 2.05) is 18.2 Å². The van der Waals surface area contributed by atoms with Gasteiger partial charge in [0.1, 0.15) is 5.75 Å². The summed E-state index contributed by atoms with van der Waals surface area (Å²) in [5.41, 5.74) is 1.10. The van der Waals surface area contributed by atoms with Gasteiger partial charge in [0.25, 0.3) is 0 Å². The lowest BCUT2D eigenvalue weighted by Gasteiger charge is -2.12. The Labute approximate surface area is 110 Å². The van der Waals surface area contributed by atoms with Crippen LogP contribution in [0.25, 0.3) is 0 Å². The molecule has 1 aromatic carbocycles. The third-order valence-corrected chi connectivity index (χ3v) is 2.72. The second-order valence-corrected chi connectivity index (χ2v) is 5.13. The van der Waals surface area contributed by atoms with E-state index in [4.69, 9.17) is 4.74 Å². The van der Waals surface area contributed by atoms with Crippen molar-refractivity contribution < 1.29 is 14.3 Å². The molecule has 0 saturated carbocycles. The first-order valence-electron chi connectivity index (χ1n) is 5.51. The molecule has 0 aliphatic heterocycles. The first-order valence-corrected chi connectivity index (χ1v) is 6.30. The second-order valence-electron chi connectivity index (χ2n) is 4.21. The van der Waals surface area contributed by atoms with Gasteiger partial charge in [-0.05, 0) is 36.1 Å². The van der Waals surface area contributed by atoms with E-state index >= 15 is 0 Å². The summed E-state index contributed by atoms with van der Waals surface area (Å²) in [6.07, 6.45) is 0.913. The SMILES string of the molecule is COC(=O)COc1ccc(Br)cc1CC(C)C. The van der Waals surface area contributed by atoms with E-state index in [1.165, 1.54) is 7.11 Å². The molecule has 3 nitrogen and oxygen atoms in total. The van der Waals surface area contributed by atoms with Crippen LogP contribution in [0, 0.1) is 5.92 Å². The molecule has 0 aliphatic carbocycles. The molecular formula is C13H17BrO3. The topological polar surface area (TPSA) is 35.5 Å². The van der Waals surface area contributed by atoms with Gasteiger partial charge in [0.05, 0.1) is 7.11 Å². The van der Waals surface area contributed by atoms with Crippen molar-refractivity contribution >= 4 is 21.9 Å². The van der Waals surface area contributed by atoms with Crippen LogP contribution in [0.1, 0.15) is 19.4 Å². The summed E-state index contributed by atoms with van der Waals surface area (Å²) < 4.78 is 11.0. The van der Waals surface area contributed by atoms with Crippen LogP contribution in [0.2, 0.25) is 0 Å². The fraction of sp³-hybridized carbons (Fsp3) is 0.462. The number of benzene rings is 1. The average molecular weight is 301 g/mol. The van der Waals surface area contributed by atoms with Crippen LogP contribution < -0.4 is 4.74 Å². The van der Waals surface area contributed by atoms with E-state index in [0.717, 1.165) is 22.2 Å². The summed E-state index contributed by atoms with van der Waals surface area (Å²) in [5, 5.41) is 0. The number of methoxy groups -OCH3 is 1. The van der Waals surface area contributed by atoms with Gasteiger partial charge in [-0.15, -0.1) is 0 Å². The molecule has 0 radical (unpaired) electrons. The summed E-state index contributed by atoms with van der Waals surface area (Å²) in [5.74, 6) is 0.903. The fourth-order valence-electron chi connectivity index (χ4n) is 1.48. The number of hydrogen-bond acceptors (Lipinski definition) is 3. The lowest BCUT2D eigenvalue weighted by molar-refractivity contribution is -0.142. The molecule has 0 aromatic heterocycles. The highest BCUT2D eigenvalue weighted by atomic mass is 79.9. The van der Waals surface area contributed by atoms with Gasteiger partial charge in [0.15, 0.2) is 6.61 Å². The van der Waals surface area contributed by atoms with Crippen molar-refractivity contribution in [3.05, 3.63) is 28.2 Å². The first-order chi connectivity index (χ1) is 8.02. The Bertz CT molecular complexity index is 388. The van der Waals surface area contributed by atoms with E-state index < -0.39 is 0 Å². The number of hydrogen-bond donors (Lipinski definition) is 0. The highest BCUT2D eigenvalue weighted by Crippen LogP contribution is 2.25. The summed E-state index contributed by atoms with van der Waals surface area (Å²) in [7, 11) is 1.35. The van der Waals surface area contributed by atoms with Crippen molar-refractivity contribution in [2.45, 2.75) is 20.3 Å². The molecule has 0 fully saturated rings. The van der Waals surface area contributed by atoms with Crippen LogP contribution >= 0.6 is 15.9 Å². The summed E-state index contributed by atoms with van der Waals surface area (Å²) >= 11 is 3.43. The zero-order chi connectivity index (χ0) is 12.8. The van der Waals surface area contributed by atoms with Crippen LogP contribution in [0.3, 0.4) is 0 Å². The van der Waals surface area contributed by atoms with Gasteiger partial charge in [-0.2, -0.15) is 0 Å². The van der Waals surface area contributed by atoms with Crippen molar-refractivity contribution in [3.63, 3.8) is 0 Å². The monoisotopic (exact) mass is 300 g/mol. The number of ether oxygens (including phenoxy) is 2. The standard InChI is InChI=1S/C13H17BrO3/c1-9(2)6-10-7-11(14)4-5-12(10)17-8-13(15)16-3/h4-5,7,9H,6,8H2,1-3H3. The highest BCUT2D eigenvalue weighted by molar-refractivity contribution is 9.10. The normalized spacial score (nSPS) is 10.4. The van der Waals surface area contributed by atoms with Gasteiger partial charge < -0.3 is 9.47 Å². The van der Waals surface area contributed by atoms with Crippen molar-refractivity contribution in [2.75, 3.05) is 13.7 Å². The van der Waals surface area contributed by atoms with E-state index in [-0.39, 0.29) is 12.6 Å². The van der Waals surface area contributed by atoms with E-state index in [0.29, 0.717) is 5.92 Å². The van der Waals surface area contributed by atoms with Gasteiger partial charge in [0.2, 0.25) is 0 Å². The van der Waals surface area contributed by atoms with Gasteiger partial charge in [-0.3, -0.25) is 0 Å². The quantitative estimate of drug-likeness (QED) is 0.784. The van der Waals surface area contributed by atoms with E-state index in [2.05, 4.69) is 34.5 Å². The van der Waals surface area contributed by atoms with Crippen molar-refractivity contribution in [1.29, 1.82) is 0 Å². The number of halogens is 1. The van der Waals surface area contributed by atoms with Crippen LogP contribution in [0.4, 0.5) is 0 Å². The maximum absolute atomic E-state index is 11.0. The average Bonchev–Trinajstić information content (AvgIpc) is 2.26. The largest absolute Gasteiger partial charge is 0.482 e. The zero-order valence-corrected chi connectivity index (χ0v) is 11.9. The van der Waals surface area contributed by atoms with Crippen molar-refractivity contribution in [2.24, 2.45) is 5.92 Å². The van der Waals surface area contributed by atoms with Crippen LogP contribution in [0.5, 0.6) is 5.75 Å². The molecule has 0 unspecified atom stereocenters. The number of carbonyl (C=O) groups is 1. The molecule has 0 N–H and O–H groups in total. The van der Waals surface area contributed by atoms with Crippen LogP contribution in [-0.4, -0.2) is 19.7 Å². The molecule has 0 aliphatic rings. The van der Waals surface area contributed by atoms with E-state index in [1.54, 1.807) is 0 Å². The zero-order valence-electron chi connectivity index (χ0n) is 10.3. The number of carbonyl (C=O) groups excluding carboxylic acids is 1. The Morgan fingerprint density at radius 2 is 2.12 bits per heavy atom. The maximum Gasteiger partial charge on any atom is 0.343 e. The highest BCUT2D eigenvalue weighted by Gasteiger charge is 2.09. The van der Waals surface area contributed by atoms with Crippen LogP contribution in [0.15, 0.2) is 22.7 Å². The molecule has 0 atom stereocenters. The van der Waals surface area contributed by atoms with Gasteiger partial charge in [-0.1, -0.05) is 29.8 Å².